The van der Waals surface area contributed by atoms with Crippen LogP contribution in [0.1, 0.15) is 15.9 Å². The van der Waals surface area contributed by atoms with Crippen molar-refractivity contribution in [1.82, 2.24) is 4.57 Å². The van der Waals surface area contributed by atoms with Gasteiger partial charge < -0.3 is 19.4 Å². The van der Waals surface area contributed by atoms with E-state index in [1.54, 1.807) is 48.5 Å². The molecule has 1 N–H and O–H groups in total. The summed E-state index contributed by atoms with van der Waals surface area (Å²) in [7, 11) is 1.52. The van der Waals surface area contributed by atoms with Crippen LogP contribution in [0, 0.1) is 0 Å². The molecule has 1 amide bonds. The van der Waals surface area contributed by atoms with Crippen LogP contribution in [0.5, 0.6) is 11.5 Å². The summed E-state index contributed by atoms with van der Waals surface area (Å²) in [6.45, 7) is -0.155. The lowest BCUT2D eigenvalue weighted by Gasteiger charge is -2.11. The third kappa shape index (κ3) is 5.81. The number of hydrogen-bond donors (Lipinski definition) is 1. The Labute approximate surface area is 198 Å². The number of hydrogen-bond acceptors (Lipinski definition) is 4. The average molecular weight is 453 g/mol. The second kappa shape index (κ2) is 10.8. The number of amides is 1. The first-order valence-electron chi connectivity index (χ1n) is 10.7. The second-order valence-corrected chi connectivity index (χ2v) is 7.45. The number of rotatable bonds is 9. The fraction of sp³-hybridized carbons (Fsp3) is 0.0714. The second-order valence-electron chi connectivity index (χ2n) is 7.45. The van der Waals surface area contributed by atoms with Crippen LogP contribution in [0.2, 0.25) is 0 Å². The molecule has 0 aliphatic heterocycles. The number of ether oxygens (including phenoxy) is 2. The number of para-hydroxylation sites is 1. The SMILES string of the molecule is COc1cc(/C=C/C(=O)c2ccc(-n3cccc3)cc2)ccc1OCC(=O)Nc1ccccc1. The zero-order chi connectivity index (χ0) is 23.8. The highest BCUT2D eigenvalue weighted by Gasteiger charge is 2.09. The van der Waals surface area contributed by atoms with Crippen LogP contribution in [0.15, 0.2) is 103 Å². The van der Waals surface area contributed by atoms with Gasteiger partial charge in [0, 0.05) is 29.3 Å². The zero-order valence-electron chi connectivity index (χ0n) is 18.7. The summed E-state index contributed by atoms with van der Waals surface area (Å²) < 4.78 is 13.0. The van der Waals surface area contributed by atoms with Crippen LogP contribution in [0.3, 0.4) is 0 Å². The van der Waals surface area contributed by atoms with Gasteiger partial charge in [-0.05, 0) is 72.3 Å². The van der Waals surface area contributed by atoms with Gasteiger partial charge >= 0.3 is 0 Å². The predicted octanol–water partition coefficient (Wildman–Crippen LogP) is 5.40. The number of ketones is 1. The molecule has 4 aromatic rings. The maximum Gasteiger partial charge on any atom is 0.262 e. The van der Waals surface area contributed by atoms with Gasteiger partial charge in [0.05, 0.1) is 7.11 Å². The number of anilines is 1. The van der Waals surface area contributed by atoms with E-state index >= 15 is 0 Å². The predicted molar refractivity (Wildman–Crippen MR) is 133 cm³/mol. The van der Waals surface area contributed by atoms with Crippen molar-refractivity contribution >= 4 is 23.5 Å². The van der Waals surface area contributed by atoms with E-state index < -0.39 is 0 Å². The number of carbonyl (C=O) groups excluding carboxylic acids is 2. The summed E-state index contributed by atoms with van der Waals surface area (Å²) in [5.41, 5.74) is 3.06. The van der Waals surface area contributed by atoms with E-state index in [9.17, 15) is 9.59 Å². The topological polar surface area (TPSA) is 69.6 Å². The van der Waals surface area contributed by atoms with Gasteiger partial charge in [-0.2, -0.15) is 0 Å². The summed E-state index contributed by atoms with van der Waals surface area (Å²) in [5, 5.41) is 2.77. The normalized spacial score (nSPS) is 10.7. The number of methoxy groups -OCH3 is 1. The molecule has 0 aliphatic carbocycles. The van der Waals surface area contributed by atoms with E-state index in [-0.39, 0.29) is 18.3 Å². The summed E-state index contributed by atoms with van der Waals surface area (Å²) in [4.78, 5) is 24.7. The van der Waals surface area contributed by atoms with Gasteiger partial charge in [0.25, 0.3) is 5.91 Å². The summed E-state index contributed by atoms with van der Waals surface area (Å²) in [6, 6.07) is 25.8. The molecule has 6 heteroatoms. The molecule has 6 nitrogen and oxygen atoms in total. The Balaban J connectivity index is 1.37. The summed E-state index contributed by atoms with van der Waals surface area (Å²) >= 11 is 0. The number of aromatic nitrogens is 1. The highest BCUT2D eigenvalue weighted by molar-refractivity contribution is 6.06. The van der Waals surface area contributed by atoms with Crippen LogP contribution in [-0.2, 0) is 4.79 Å². The Morgan fingerprint density at radius 2 is 1.62 bits per heavy atom. The van der Waals surface area contributed by atoms with E-state index in [1.165, 1.54) is 13.2 Å². The molecule has 0 saturated carbocycles. The third-order valence-electron chi connectivity index (χ3n) is 5.09. The number of allylic oxidation sites excluding steroid dienone is 1. The molecule has 0 fully saturated rings. The standard InChI is InChI=1S/C28H24N2O4/c1-33-27-19-21(10-16-26(27)34-20-28(32)29-23-7-3-2-4-8-23)9-15-25(31)22-11-13-24(14-12-22)30-17-5-6-18-30/h2-19H,20H2,1H3,(H,29,32)/b15-9+. The van der Waals surface area contributed by atoms with Crippen LogP contribution >= 0.6 is 0 Å². The molecule has 34 heavy (non-hydrogen) atoms. The van der Waals surface area contributed by atoms with E-state index in [0.29, 0.717) is 22.7 Å². The van der Waals surface area contributed by atoms with Crippen LogP contribution in [-0.4, -0.2) is 30.0 Å². The first-order valence-corrected chi connectivity index (χ1v) is 10.7. The van der Waals surface area contributed by atoms with Gasteiger partial charge in [0.1, 0.15) is 0 Å². The van der Waals surface area contributed by atoms with Gasteiger partial charge in [-0.15, -0.1) is 0 Å². The largest absolute Gasteiger partial charge is 0.493 e. The Morgan fingerprint density at radius 1 is 0.882 bits per heavy atom. The fourth-order valence-electron chi connectivity index (χ4n) is 3.34. The van der Waals surface area contributed by atoms with Gasteiger partial charge in [-0.1, -0.05) is 30.3 Å². The van der Waals surface area contributed by atoms with Crippen molar-refractivity contribution in [2.45, 2.75) is 0 Å². The Kier molecular flexibility index (Phi) is 7.20. The van der Waals surface area contributed by atoms with Gasteiger partial charge in [-0.25, -0.2) is 0 Å². The minimum absolute atomic E-state index is 0.101. The van der Waals surface area contributed by atoms with Crippen molar-refractivity contribution in [2.24, 2.45) is 0 Å². The monoisotopic (exact) mass is 452 g/mol. The van der Waals surface area contributed by atoms with Gasteiger partial charge in [-0.3, -0.25) is 9.59 Å². The van der Waals surface area contributed by atoms with Gasteiger partial charge in [0.15, 0.2) is 23.9 Å². The maximum absolute atomic E-state index is 12.6. The first-order chi connectivity index (χ1) is 16.6. The highest BCUT2D eigenvalue weighted by atomic mass is 16.5. The van der Waals surface area contributed by atoms with Gasteiger partial charge in [0.2, 0.25) is 0 Å². The molecule has 0 unspecified atom stereocenters. The van der Waals surface area contributed by atoms with E-state index in [0.717, 1.165) is 11.3 Å². The quantitative estimate of drug-likeness (QED) is 0.273. The van der Waals surface area contributed by atoms with Crippen molar-refractivity contribution in [1.29, 1.82) is 0 Å². The summed E-state index contributed by atoms with van der Waals surface area (Å²) in [5.74, 6) is 0.537. The van der Waals surface area contributed by atoms with E-state index in [1.807, 2.05) is 59.4 Å². The molecular weight excluding hydrogens is 428 g/mol. The Morgan fingerprint density at radius 3 is 2.32 bits per heavy atom. The van der Waals surface area contributed by atoms with Crippen molar-refractivity contribution < 1.29 is 19.1 Å². The molecule has 3 aromatic carbocycles. The van der Waals surface area contributed by atoms with Crippen molar-refractivity contribution in [2.75, 3.05) is 19.0 Å². The molecule has 170 valence electrons. The Hall–Kier alpha value is -4.58. The molecule has 0 saturated heterocycles. The molecule has 4 rings (SSSR count). The average Bonchev–Trinajstić information content (AvgIpc) is 3.42. The van der Waals surface area contributed by atoms with Crippen LogP contribution in [0.4, 0.5) is 5.69 Å². The molecule has 0 atom stereocenters. The number of benzene rings is 3. The van der Waals surface area contributed by atoms with Crippen LogP contribution < -0.4 is 14.8 Å². The lowest BCUT2D eigenvalue weighted by molar-refractivity contribution is -0.118. The van der Waals surface area contributed by atoms with E-state index in [2.05, 4.69) is 5.32 Å². The molecule has 0 radical (unpaired) electrons. The third-order valence-corrected chi connectivity index (χ3v) is 5.09. The summed E-state index contributed by atoms with van der Waals surface area (Å²) in [6.07, 6.45) is 7.14. The minimum atomic E-state index is -0.273. The molecular formula is C28H24N2O4. The zero-order valence-corrected chi connectivity index (χ0v) is 18.7. The molecule has 1 aromatic heterocycles. The number of nitrogens with one attached hydrogen (secondary N) is 1. The number of carbonyl (C=O) groups is 2. The molecule has 0 spiro atoms. The first kappa shape index (κ1) is 22.6. The fourth-order valence-corrected chi connectivity index (χ4v) is 3.34. The van der Waals surface area contributed by atoms with Crippen LogP contribution in [0.25, 0.3) is 11.8 Å². The lowest BCUT2D eigenvalue weighted by atomic mass is 10.1. The smallest absolute Gasteiger partial charge is 0.262 e. The molecule has 0 bridgehead atoms. The van der Waals surface area contributed by atoms with Crippen molar-refractivity contribution in [3.8, 4) is 17.2 Å². The maximum atomic E-state index is 12.6. The van der Waals surface area contributed by atoms with Crippen molar-refractivity contribution in [3.63, 3.8) is 0 Å². The minimum Gasteiger partial charge on any atom is -0.493 e. The molecule has 0 aliphatic rings. The Bertz CT molecular complexity index is 1280. The van der Waals surface area contributed by atoms with Crippen molar-refractivity contribution in [3.05, 3.63) is 115 Å². The highest BCUT2D eigenvalue weighted by Crippen LogP contribution is 2.28. The molecule has 1 heterocycles. The van der Waals surface area contributed by atoms with E-state index in [4.69, 9.17) is 9.47 Å². The number of nitrogens with zero attached hydrogens (tertiary/aromatic N) is 1. The lowest BCUT2D eigenvalue weighted by Crippen LogP contribution is -2.20.